The van der Waals surface area contributed by atoms with Gasteiger partial charge in [-0.25, -0.2) is 0 Å². The fourth-order valence-corrected chi connectivity index (χ4v) is 3.93. The Balaban J connectivity index is 1.58. The van der Waals surface area contributed by atoms with Crippen LogP contribution in [0.25, 0.3) is 10.8 Å². The van der Waals surface area contributed by atoms with Gasteiger partial charge in [-0.1, -0.05) is 24.8 Å². The van der Waals surface area contributed by atoms with E-state index in [9.17, 15) is 4.79 Å². The summed E-state index contributed by atoms with van der Waals surface area (Å²) in [4.78, 5) is 15.2. The zero-order valence-electron chi connectivity index (χ0n) is 15.0. The first-order valence-corrected chi connectivity index (χ1v) is 11.5. The molecule has 0 saturated carbocycles. The molecular weight excluding hydrogens is 406 g/mol. The van der Waals surface area contributed by atoms with Gasteiger partial charge in [-0.15, -0.1) is 31.7 Å². The minimum absolute atomic E-state index is 0.0395. The average molecular weight is 426 g/mol. The number of carbonyl (C=O) groups excluding carboxylic acids is 1. The Morgan fingerprint density at radius 2 is 2.07 bits per heavy atom. The van der Waals surface area contributed by atoms with E-state index in [1.807, 2.05) is 30.7 Å². The van der Waals surface area contributed by atoms with Crippen LogP contribution in [-0.4, -0.2) is 49.8 Å². The zero-order valence-corrected chi connectivity index (χ0v) is 17.4. The predicted octanol–water partition coefficient (Wildman–Crippen LogP) is 3.58. The molecule has 0 fully saturated rings. The van der Waals surface area contributed by atoms with Gasteiger partial charge in [-0.2, -0.15) is 11.8 Å². The Labute approximate surface area is 169 Å². The first-order valence-electron chi connectivity index (χ1n) is 8.27. The molecule has 0 bridgehead atoms. The van der Waals surface area contributed by atoms with Crippen molar-refractivity contribution in [1.29, 1.82) is 0 Å². The molecule has 0 aromatic carbocycles. The minimum Gasteiger partial charge on any atom is -0.418 e. The largest absolute Gasteiger partial charge is 0.418 e. The highest BCUT2D eigenvalue weighted by atomic mass is 32.2. The number of rotatable bonds is 10. The number of thioether (sulfide) groups is 2. The Bertz CT molecular complexity index is 849. The standard InChI is InChI=1S/C16H19N5O3S3/c1-3-6-21(8-12-17-19-15(23-12)11-5-4-7-26-11)14(22)10-27-16-20-18-13(24-16)9-25-2/h4-5,7H,3,6,8-10H2,1-2H3. The lowest BCUT2D eigenvalue weighted by atomic mass is 10.4. The molecule has 11 heteroatoms. The van der Waals surface area contributed by atoms with Crippen LogP contribution in [0, 0.1) is 0 Å². The lowest BCUT2D eigenvalue weighted by Crippen LogP contribution is -2.32. The van der Waals surface area contributed by atoms with Crippen LogP contribution in [0.3, 0.4) is 0 Å². The molecular formula is C16H19N5O3S3. The van der Waals surface area contributed by atoms with Gasteiger partial charge in [0.25, 0.3) is 11.1 Å². The summed E-state index contributed by atoms with van der Waals surface area (Å²) in [7, 11) is 0. The minimum atomic E-state index is -0.0395. The molecule has 0 spiro atoms. The molecule has 3 heterocycles. The summed E-state index contributed by atoms with van der Waals surface area (Å²) in [6, 6.07) is 3.85. The van der Waals surface area contributed by atoms with Gasteiger partial charge in [0, 0.05) is 6.54 Å². The molecule has 144 valence electrons. The van der Waals surface area contributed by atoms with E-state index < -0.39 is 0 Å². The van der Waals surface area contributed by atoms with E-state index in [1.165, 1.54) is 23.1 Å². The van der Waals surface area contributed by atoms with E-state index >= 15 is 0 Å². The lowest BCUT2D eigenvalue weighted by molar-refractivity contribution is -0.129. The molecule has 0 atom stereocenters. The molecule has 27 heavy (non-hydrogen) atoms. The first-order chi connectivity index (χ1) is 13.2. The van der Waals surface area contributed by atoms with Gasteiger partial charge in [-0.3, -0.25) is 4.79 Å². The van der Waals surface area contributed by atoms with Crippen LogP contribution >= 0.6 is 34.9 Å². The van der Waals surface area contributed by atoms with Gasteiger partial charge in [-0.05, 0) is 24.1 Å². The number of aromatic nitrogens is 4. The third-order valence-electron chi connectivity index (χ3n) is 3.41. The third-order valence-corrected chi connectivity index (χ3v) is 5.60. The summed E-state index contributed by atoms with van der Waals surface area (Å²) in [5, 5.41) is 18.4. The number of carbonyl (C=O) groups is 1. The monoisotopic (exact) mass is 425 g/mol. The number of nitrogens with zero attached hydrogens (tertiary/aromatic N) is 5. The highest BCUT2D eigenvalue weighted by Crippen LogP contribution is 2.24. The number of amides is 1. The Kier molecular flexibility index (Phi) is 7.30. The highest BCUT2D eigenvalue weighted by molar-refractivity contribution is 7.99. The van der Waals surface area contributed by atoms with Crippen LogP contribution < -0.4 is 0 Å². The highest BCUT2D eigenvalue weighted by Gasteiger charge is 2.19. The summed E-state index contributed by atoms with van der Waals surface area (Å²) in [6.45, 7) is 2.91. The van der Waals surface area contributed by atoms with Crippen LogP contribution in [0.15, 0.2) is 31.6 Å². The number of hydrogen-bond donors (Lipinski definition) is 0. The summed E-state index contributed by atoms with van der Waals surface area (Å²) < 4.78 is 11.2. The van der Waals surface area contributed by atoms with E-state index in [0.717, 1.165) is 11.3 Å². The van der Waals surface area contributed by atoms with Crippen molar-refractivity contribution in [1.82, 2.24) is 25.3 Å². The normalized spacial score (nSPS) is 11.0. The van der Waals surface area contributed by atoms with Crippen molar-refractivity contribution >= 4 is 40.8 Å². The van der Waals surface area contributed by atoms with Crippen molar-refractivity contribution in [3.63, 3.8) is 0 Å². The number of hydrogen-bond acceptors (Lipinski definition) is 10. The second-order valence-electron chi connectivity index (χ2n) is 5.48. The van der Waals surface area contributed by atoms with Gasteiger partial charge < -0.3 is 13.7 Å². The van der Waals surface area contributed by atoms with Crippen LogP contribution in [-0.2, 0) is 17.1 Å². The molecule has 3 rings (SSSR count). The average Bonchev–Trinajstić information content (AvgIpc) is 3.41. The quantitative estimate of drug-likeness (QED) is 0.451. The Morgan fingerprint density at radius 1 is 1.22 bits per heavy atom. The summed E-state index contributed by atoms with van der Waals surface area (Å²) in [6.07, 6.45) is 2.80. The molecule has 0 saturated heterocycles. The summed E-state index contributed by atoms with van der Waals surface area (Å²) in [5.74, 6) is 2.30. The maximum Gasteiger partial charge on any atom is 0.277 e. The number of thiophene rings is 1. The van der Waals surface area contributed by atoms with Crippen molar-refractivity contribution in [2.75, 3.05) is 18.6 Å². The molecule has 0 aliphatic heterocycles. The molecule has 0 unspecified atom stereocenters. The van der Waals surface area contributed by atoms with Crippen molar-refractivity contribution in [3.8, 4) is 10.8 Å². The molecule has 8 nitrogen and oxygen atoms in total. The van der Waals surface area contributed by atoms with Gasteiger partial charge in [0.05, 0.1) is 22.9 Å². The Morgan fingerprint density at radius 3 is 2.81 bits per heavy atom. The van der Waals surface area contributed by atoms with E-state index in [2.05, 4.69) is 20.4 Å². The zero-order chi connectivity index (χ0) is 19.1. The maximum absolute atomic E-state index is 12.6. The van der Waals surface area contributed by atoms with Crippen molar-refractivity contribution in [2.24, 2.45) is 0 Å². The van der Waals surface area contributed by atoms with Gasteiger partial charge in [0.2, 0.25) is 17.7 Å². The molecule has 3 aromatic heterocycles. The SMILES string of the molecule is CCCN(Cc1nnc(-c2cccs2)o1)C(=O)CSc1nnc(CSC)o1. The molecule has 1 amide bonds. The summed E-state index contributed by atoms with van der Waals surface area (Å²) >= 11 is 4.37. The van der Waals surface area contributed by atoms with Crippen molar-refractivity contribution < 1.29 is 13.6 Å². The van der Waals surface area contributed by atoms with Crippen LogP contribution in [0.4, 0.5) is 0 Å². The van der Waals surface area contributed by atoms with Crippen molar-refractivity contribution in [2.45, 2.75) is 30.9 Å². The maximum atomic E-state index is 12.6. The van der Waals surface area contributed by atoms with Crippen molar-refractivity contribution in [3.05, 3.63) is 29.3 Å². The van der Waals surface area contributed by atoms with Crippen LogP contribution in [0.2, 0.25) is 0 Å². The molecule has 3 aromatic rings. The lowest BCUT2D eigenvalue weighted by Gasteiger charge is -2.19. The van der Waals surface area contributed by atoms with Gasteiger partial charge >= 0.3 is 0 Å². The fourth-order valence-electron chi connectivity index (χ4n) is 2.24. The van der Waals surface area contributed by atoms with E-state index in [1.54, 1.807) is 16.7 Å². The second kappa shape index (κ2) is 9.90. The smallest absolute Gasteiger partial charge is 0.277 e. The first kappa shape index (κ1) is 19.9. The topological polar surface area (TPSA) is 98.2 Å². The van der Waals surface area contributed by atoms with Gasteiger partial charge in [0.15, 0.2) is 0 Å². The van der Waals surface area contributed by atoms with E-state index in [-0.39, 0.29) is 18.2 Å². The fraction of sp³-hybridized carbons (Fsp3) is 0.438. The molecule has 0 radical (unpaired) electrons. The Hall–Kier alpha value is -1.85. The van der Waals surface area contributed by atoms with Crippen LogP contribution in [0.1, 0.15) is 25.1 Å². The molecule has 0 N–H and O–H groups in total. The van der Waals surface area contributed by atoms with Gasteiger partial charge in [0.1, 0.15) is 0 Å². The van der Waals surface area contributed by atoms with Crippen LogP contribution in [0.5, 0.6) is 0 Å². The van der Waals surface area contributed by atoms with E-state index in [4.69, 9.17) is 8.83 Å². The summed E-state index contributed by atoms with van der Waals surface area (Å²) in [5.41, 5.74) is 0. The predicted molar refractivity (Wildman–Crippen MR) is 106 cm³/mol. The van der Waals surface area contributed by atoms with E-state index in [0.29, 0.717) is 35.2 Å². The second-order valence-corrected chi connectivity index (χ2v) is 8.22. The molecule has 0 aliphatic rings. The third kappa shape index (κ3) is 5.56. The molecule has 0 aliphatic carbocycles.